The summed E-state index contributed by atoms with van der Waals surface area (Å²) in [7, 11) is 3.49. The van der Waals surface area contributed by atoms with Gasteiger partial charge in [0, 0.05) is 44.7 Å². The maximum Gasteiger partial charge on any atom is 0.248 e. The zero-order valence-electron chi connectivity index (χ0n) is 12.5. The highest BCUT2D eigenvalue weighted by Gasteiger charge is 2.46. The molecule has 2 saturated heterocycles. The first-order chi connectivity index (χ1) is 10.1. The fraction of sp³-hybridized carbons (Fsp3) is 0.667. The van der Waals surface area contributed by atoms with Gasteiger partial charge in [-0.1, -0.05) is 0 Å². The molecule has 1 aromatic heterocycles. The molecule has 0 saturated carbocycles. The summed E-state index contributed by atoms with van der Waals surface area (Å²) in [6.45, 7) is 3.27. The van der Waals surface area contributed by atoms with Crippen LogP contribution in [0, 0.1) is 5.92 Å². The third kappa shape index (κ3) is 3.12. The molecule has 3 atom stereocenters. The van der Waals surface area contributed by atoms with Crippen molar-refractivity contribution >= 4 is 5.91 Å². The number of amides is 1. The van der Waals surface area contributed by atoms with Crippen LogP contribution in [0.25, 0.3) is 0 Å². The molecule has 2 aliphatic rings. The fourth-order valence-electron chi connectivity index (χ4n) is 3.08. The van der Waals surface area contributed by atoms with Crippen molar-refractivity contribution < 1.29 is 18.7 Å². The van der Waals surface area contributed by atoms with Crippen LogP contribution >= 0.6 is 0 Å². The Hall–Kier alpha value is -1.37. The van der Waals surface area contributed by atoms with Crippen molar-refractivity contribution in [3.05, 3.63) is 24.2 Å². The van der Waals surface area contributed by atoms with Gasteiger partial charge < -0.3 is 18.8 Å². The third-order valence-electron chi connectivity index (χ3n) is 4.34. The van der Waals surface area contributed by atoms with Crippen LogP contribution in [0.5, 0.6) is 0 Å². The third-order valence-corrected chi connectivity index (χ3v) is 4.34. The quantitative estimate of drug-likeness (QED) is 0.795. The van der Waals surface area contributed by atoms with E-state index in [1.54, 1.807) is 31.5 Å². The molecule has 0 unspecified atom stereocenters. The topological polar surface area (TPSA) is 55.2 Å². The minimum absolute atomic E-state index is 0.00116. The van der Waals surface area contributed by atoms with Crippen LogP contribution in [0.15, 0.2) is 23.0 Å². The first kappa shape index (κ1) is 14.6. The average molecular weight is 294 g/mol. The van der Waals surface area contributed by atoms with Crippen LogP contribution in [0.1, 0.15) is 5.56 Å². The summed E-state index contributed by atoms with van der Waals surface area (Å²) in [6, 6.07) is 2.36. The lowest BCUT2D eigenvalue weighted by molar-refractivity contribution is -0.136. The van der Waals surface area contributed by atoms with E-state index in [-0.39, 0.29) is 18.6 Å². The second kappa shape index (κ2) is 6.17. The predicted molar refractivity (Wildman–Crippen MR) is 75.6 cm³/mol. The van der Waals surface area contributed by atoms with Gasteiger partial charge >= 0.3 is 0 Å². The van der Waals surface area contributed by atoms with E-state index in [0.717, 1.165) is 25.3 Å². The molecular weight excluding hydrogens is 272 g/mol. The van der Waals surface area contributed by atoms with E-state index in [1.165, 1.54) is 0 Å². The van der Waals surface area contributed by atoms with Crippen LogP contribution in [0.2, 0.25) is 0 Å². The standard InChI is InChI=1S/C15H22N2O4/c1-16(2)15(18)10-21-14-6-17(5-11-3-4-19-7-11)13-9-20-8-12(13)14/h3-4,7,12-14H,5-6,8-10H2,1-2H3/t12-,13+,14+/m1/s1. The summed E-state index contributed by atoms with van der Waals surface area (Å²) in [4.78, 5) is 15.6. The van der Waals surface area contributed by atoms with Crippen molar-refractivity contribution in [2.24, 2.45) is 5.92 Å². The zero-order chi connectivity index (χ0) is 14.8. The first-order valence-electron chi connectivity index (χ1n) is 7.30. The molecular formula is C15H22N2O4. The molecule has 6 heteroatoms. The van der Waals surface area contributed by atoms with Crippen molar-refractivity contribution in [3.63, 3.8) is 0 Å². The predicted octanol–water partition coefficient (Wildman–Crippen LogP) is 0.584. The van der Waals surface area contributed by atoms with Gasteiger partial charge in [-0.15, -0.1) is 0 Å². The van der Waals surface area contributed by atoms with E-state index in [1.807, 2.05) is 6.07 Å². The molecule has 0 aliphatic carbocycles. The minimum Gasteiger partial charge on any atom is -0.472 e. The fourth-order valence-corrected chi connectivity index (χ4v) is 3.08. The van der Waals surface area contributed by atoms with Gasteiger partial charge in [-0.25, -0.2) is 0 Å². The maximum atomic E-state index is 11.7. The maximum absolute atomic E-state index is 11.7. The molecule has 6 nitrogen and oxygen atoms in total. The van der Waals surface area contributed by atoms with Gasteiger partial charge in [0.2, 0.25) is 5.91 Å². The average Bonchev–Trinajstić information content (AvgIpc) is 3.15. The van der Waals surface area contributed by atoms with Crippen molar-refractivity contribution in [2.75, 3.05) is 40.5 Å². The van der Waals surface area contributed by atoms with Crippen molar-refractivity contribution in [1.29, 1.82) is 0 Å². The summed E-state index contributed by atoms with van der Waals surface area (Å²) in [6.07, 6.45) is 3.53. The summed E-state index contributed by atoms with van der Waals surface area (Å²) in [5.74, 6) is 0.352. The Kier molecular flexibility index (Phi) is 4.28. The lowest BCUT2D eigenvalue weighted by atomic mass is 10.0. The minimum atomic E-state index is -0.00116. The number of hydrogen-bond donors (Lipinski definition) is 0. The number of likely N-dealkylation sites (N-methyl/N-ethyl adjacent to an activating group) is 1. The number of carbonyl (C=O) groups is 1. The Morgan fingerprint density at radius 1 is 1.48 bits per heavy atom. The van der Waals surface area contributed by atoms with Crippen molar-refractivity contribution in [2.45, 2.75) is 18.7 Å². The Morgan fingerprint density at radius 2 is 2.33 bits per heavy atom. The molecule has 0 N–H and O–H groups in total. The second-order valence-electron chi connectivity index (χ2n) is 5.97. The van der Waals surface area contributed by atoms with Gasteiger partial charge in [0.15, 0.2) is 0 Å². The largest absolute Gasteiger partial charge is 0.472 e. The van der Waals surface area contributed by atoms with Crippen LogP contribution in [-0.4, -0.2) is 68.3 Å². The van der Waals surface area contributed by atoms with Gasteiger partial charge in [-0.05, 0) is 6.07 Å². The highest BCUT2D eigenvalue weighted by atomic mass is 16.5. The van der Waals surface area contributed by atoms with E-state index in [9.17, 15) is 4.79 Å². The molecule has 0 radical (unpaired) electrons. The number of hydrogen-bond acceptors (Lipinski definition) is 5. The number of furan rings is 1. The Balaban J connectivity index is 1.59. The monoisotopic (exact) mass is 294 g/mol. The number of carbonyl (C=O) groups excluding carboxylic acids is 1. The smallest absolute Gasteiger partial charge is 0.248 e. The second-order valence-corrected chi connectivity index (χ2v) is 5.97. The molecule has 1 amide bonds. The van der Waals surface area contributed by atoms with Gasteiger partial charge in [0.25, 0.3) is 0 Å². The number of nitrogens with zero attached hydrogens (tertiary/aromatic N) is 2. The molecule has 2 aliphatic heterocycles. The summed E-state index contributed by atoms with van der Waals surface area (Å²) >= 11 is 0. The zero-order valence-corrected chi connectivity index (χ0v) is 12.5. The SMILES string of the molecule is CN(C)C(=O)CO[C@H]1CN(Cc2ccoc2)[C@H]2COC[C@@H]12. The molecule has 21 heavy (non-hydrogen) atoms. The van der Waals surface area contributed by atoms with Crippen molar-refractivity contribution in [3.8, 4) is 0 Å². The van der Waals surface area contributed by atoms with Gasteiger partial charge in [0.1, 0.15) is 6.61 Å². The molecule has 3 heterocycles. The number of fused-ring (bicyclic) bond motifs is 1. The molecule has 0 aromatic carbocycles. The van der Waals surface area contributed by atoms with Crippen LogP contribution < -0.4 is 0 Å². The highest BCUT2D eigenvalue weighted by Crippen LogP contribution is 2.33. The molecule has 1 aromatic rings. The van der Waals surface area contributed by atoms with Crippen LogP contribution in [0.3, 0.4) is 0 Å². The van der Waals surface area contributed by atoms with Gasteiger partial charge in [-0.3, -0.25) is 9.69 Å². The Bertz CT molecular complexity index is 474. The number of ether oxygens (including phenoxy) is 2. The normalized spacial score (nSPS) is 28.8. The Morgan fingerprint density at radius 3 is 3.05 bits per heavy atom. The first-order valence-corrected chi connectivity index (χ1v) is 7.30. The lowest BCUT2D eigenvalue weighted by Crippen LogP contribution is -2.32. The summed E-state index contributed by atoms with van der Waals surface area (Å²) in [5, 5.41) is 0. The van der Waals surface area contributed by atoms with Crippen LogP contribution in [0.4, 0.5) is 0 Å². The van der Waals surface area contributed by atoms with Crippen LogP contribution in [-0.2, 0) is 20.8 Å². The molecule has 3 rings (SSSR count). The Labute approximate surface area is 124 Å². The van der Waals surface area contributed by atoms with Crippen molar-refractivity contribution in [1.82, 2.24) is 9.80 Å². The van der Waals surface area contributed by atoms with E-state index in [0.29, 0.717) is 18.6 Å². The number of rotatable bonds is 5. The van der Waals surface area contributed by atoms with E-state index in [2.05, 4.69) is 4.90 Å². The molecule has 0 bridgehead atoms. The highest BCUT2D eigenvalue weighted by molar-refractivity contribution is 5.76. The van der Waals surface area contributed by atoms with E-state index >= 15 is 0 Å². The summed E-state index contributed by atoms with van der Waals surface area (Å²) < 4.78 is 16.6. The number of likely N-dealkylation sites (tertiary alicyclic amines) is 1. The van der Waals surface area contributed by atoms with Gasteiger partial charge in [0.05, 0.1) is 31.8 Å². The molecule has 2 fully saturated rings. The van der Waals surface area contributed by atoms with E-state index < -0.39 is 0 Å². The van der Waals surface area contributed by atoms with E-state index in [4.69, 9.17) is 13.9 Å². The molecule has 116 valence electrons. The summed E-state index contributed by atoms with van der Waals surface area (Å²) in [5.41, 5.74) is 1.16. The lowest BCUT2D eigenvalue weighted by Gasteiger charge is -2.21. The molecule has 0 spiro atoms. The van der Waals surface area contributed by atoms with Gasteiger partial charge in [-0.2, -0.15) is 0 Å².